The highest BCUT2D eigenvalue weighted by Crippen LogP contribution is 1.90. The van der Waals surface area contributed by atoms with Gasteiger partial charge in [0.2, 0.25) is 0 Å². The van der Waals surface area contributed by atoms with E-state index in [2.05, 4.69) is 0 Å². The topological polar surface area (TPSA) is 57.2 Å². The molecule has 0 aromatic heterocycles. The zero-order chi connectivity index (χ0) is 11.9. The fourth-order valence-corrected chi connectivity index (χ4v) is 1.06. The quantitative estimate of drug-likeness (QED) is 0.471. The van der Waals surface area contributed by atoms with Gasteiger partial charge in [-0.25, -0.2) is 0 Å². The van der Waals surface area contributed by atoms with Crippen LogP contribution in [0.2, 0.25) is 0 Å². The molecule has 0 unspecified atom stereocenters. The van der Waals surface area contributed by atoms with Gasteiger partial charge >= 0.3 is 0 Å². The summed E-state index contributed by atoms with van der Waals surface area (Å²) >= 11 is 0. The minimum Gasteiger partial charge on any atom is -0.394 e. The Labute approximate surface area is 97.6 Å². The van der Waals surface area contributed by atoms with Crippen molar-refractivity contribution in [3.8, 4) is 0 Å². The van der Waals surface area contributed by atoms with Gasteiger partial charge in [-0.2, -0.15) is 0 Å². The molecule has 5 nitrogen and oxygen atoms in total. The van der Waals surface area contributed by atoms with E-state index >= 15 is 0 Å². The third-order valence-electron chi connectivity index (χ3n) is 1.87. The van der Waals surface area contributed by atoms with Gasteiger partial charge in [-0.3, -0.25) is 0 Å². The van der Waals surface area contributed by atoms with Crippen molar-refractivity contribution in [1.29, 1.82) is 0 Å². The Morgan fingerprint density at radius 2 is 1.19 bits per heavy atom. The number of ether oxygens (including phenoxy) is 4. The molecule has 0 aromatic rings. The Morgan fingerprint density at radius 3 is 1.75 bits per heavy atom. The highest BCUT2D eigenvalue weighted by Gasteiger charge is 1.91. The molecule has 5 heteroatoms. The van der Waals surface area contributed by atoms with Crippen LogP contribution in [0.4, 0.5) is 0 Å². The maximum atomic E-state index is 8.43. The molecule has 0 fully saturated rings. The predicted molar refractivity (Wildman–Crippen MR) is 60.7 cm³/mol. The van der Waals surface area contributed by atoms with Crippen LogP contribution < -0.4 is 0 Å². The maximum absolute atomic E-state index is 8.43. The van der Waals surface area contributed by atoms with Crippen LogP contribution in [-0.2, 0) is 18.9 Å². The van der Waals surface area contributed by atoms with Gasteiger partial charge in [0.1, 0.15) is 0 Å². The summed E-state index contributed by atoms with van der Waals surface area (Å²) in [5, 5.41) is 8.43. The minimum atomic E-state index is 0.0601. The number of aliphatic hydroxyl groups is 1. The van der Waals surface area contributed by atoms with Crippen LogP contribution in [0.1, 0.15) is 12.8 Å². The molecule has 0 bridgehead atoms. The molecule has 0 aliphatic rings. The van der Waals surface area contributed by atoms with E-state index in [9.17, 15) is 0 Å². The lowest BCUT2D eigenvalue weighted by atomic mass is 10.3. The Morgan fingerprint density at radius 1 is 0.688 bits per heavy atom. The first-order valence-electron chi connectivity index (χ1n) is 5.75. The average Bonchev–Trinajstić information content (AvgIpc) is 2.31. The van der Waals surface area contributed by atoms with E-state index in [1.807, 2.05) is 0 Å². The second-order valence-corrected chi connectivity index (χ2v) is 3.26. The third-order valence-corrected chi connectivity index (χ3v) is 1.87. The maximum Gasteiger partial charge on any atom is 0.0701 e. The average molecular weight is 236 g/mol. The summed E-state index contributed by atoms with van der Waals surface area (Å²) in [4.78, 5) is 0. The van der Waals surface area contributed by atoms with Gasteiger partial charge in [-0.15, -0.1) is 0 Å². The Hall–Kier alpha value is -0.200. The molecule has 0 atom stereocenters. The molecule has 0 aliphatic heterocycles. The van der Waals surface area contributed by atoms with E-state index in [0.29, 0.717) is 33.0 Å². The van der Waals surface area contributed by atoms with Crippen LogP contribution in [0.3, 0.4) is 0 Å². The van der Waals surface area contributed by atoms with E-state index in [1.165, 1.54) is 0 Å². The summed E-state index contributed by atoms with van der Waals surface area (Å²) < 4.78 is 20.5. The van der Waals surface area contributed by atoms with Crippen molar-refractivity contribution in [1.82, 2.24) is 0 Å². The predicted octanol–water partition coefficient (Wildman–Crippen LogP) is 0.455. The fourth-order valence-electron chi connectivity index (χ4n) is 1.06. The molecular formula is C11H24O5. The second kappa shape index (κ2) is 14.8. The molecule has 98 valence electrons. The van der Waals surface area contributed by atoms with Gasteiger partial charge in [0.05, 0.1) is 39.6 Å². The largest absolute Gasteiger partial charge is 0.394 e. The van der Waals surface area contributed by atoms with Gasteiger partial charge in [-0.05, 0) is 12.8 Å². The molecular weight excluding hydrogens is 212 g/mol. The lowest BCUT2D eigenvalue weighted by Gasteiger charge is -2.06. The number of methoxy groups -OCH3 is 1. The minimum absolute atomic E-state index is 0.0601. The van der Waals surface area contributed by atoms with Crippen LogP contribution in [0.15, 0.2) is 0 Å². The lowest BCUT2D eigenvalue weighted by Crippen LogP contribution is -2.11. The smallest absolute Gasteiger partial charge is 0.0701 e. The normalized spacial score (nSPS) is 10.9. The summed E-state index contributed by atoms with van der Waals surface area (Å²) in [6, 6.07) is 0. The van der Waals surface area contributed by atoms with Crippen molar-refractivity contribution in [3.63, 3.8) is 0 Å². The SMILES string of the molecule is COCCCCOCCOCCOCCO. The van der Waals surface area contributed by atoms with E-state index in [0.717, 1.165) is 26.1 Å². The number of rotatable bonds is 13. The van der Waals surface area contributed by atoms with Crippen LogP contribution >= 0.6 is 0 Å². The second-order valence-electron chi connectivity index (χ2n) is 3.26. The van der Waals surface area contributed by atoms with Gasteiger partial charge in [0.15, 0.2) is 0 Å². The van der Waals surface area contributed by atoms with Crippen LogP contribution in [0.5, 0.6) is 0 Å². The molecule has 0 heterocycles. The van der Waals surface area contributed by atoms with Gasteiger partial charge < -0.3 is 24.1 Å². The molecule has 16 heavy (non-hydrogen) atoms. The first-order chi connectivity index (χ1) is 7.91. The van der Waals surface area contributed by atoms with E-state index in [4.69, 9.17) is 24.1 Å². The van der Waals surface area contributed by atoms with E-state index < -0.39 is 0 Å². The van der Waals surface area contributed by atoms with Crippen molar-refractivity contribution in [3.05, 3.63) is 0 Å². The van der Waals surface area contributed by atoms with Crippen molar-refractivity contribution in [2.75, 3.05) is 60.0 Å². The monoisotopic (exact) mass is 236 g/mol. The summed E-state index contributed by atoms with van der Waals surface area (Å²) in [5.41, 5.74) is 0. The van der Waals surface area contributed by atoms with Crippen molar-refractivity contribution in [2.45, 2.75) is 12.8 Å². The molecule has 0 amide bonds. The van der Waals surface area contributed by atoms with Crippen LogP contribution in [0.25, 0.3) is 0 Å². The summed E-state index contributed by atoms with van der Waals surface area (Å²) in [7, 11) is 1.70. The molecule has 0 spiro atoms. The van der Waals surface area contributed by atoms with Crippen LogP contribution in [-0.4, -0.2) is 65.1 Å². The first-order valence-corrected chi connectivity index (χ1v) is 5.75. The first kappa shape index (κ1) is 15.8. The number of aliphatic hydroxyl groups excluding tert-OH is 1. The van der Waals surface area contributed by atoms with Gasteiger partial charge in [0, 0.05) is 20.3 Å². The Kier molecular flexibility index (Phi) is 14.6. The lowest BCUT2D eigenvalue weighted by molar-refractivity contribution is 0.00670. The fraction of sp³-hybridized carbons (Fsp3) is 1.00. The van der Waals surface area contributed by atoms with E-state index in [-0.39, 0.29) is 6.61 Å². The van der Waals surface area contributed by atoms with Gasteiger partial charge in [0.25, 0.3) is 0 Å². The van der Waals surface area contributed by atoms with E-state index in [1.54, 1.807) is 7.11 Å². The van der Waals surface area contributed by atoms with Crippen molar-refractivity contribution in [2.24, 2.45) is 0 Å². The zero-order valence-electron chi connectivity index (χ0n) is 10.2. The molecule has 0 saturated carbocycles. The molecule has 0 saturated heterocycles. The number of hydrogen-bond donors (Lipinski definition) is 1. The number of hydrogen-bond acceptors (Lipinski definition) is 5. The van der Waals surface area contributed by atoms with Crippen LogP contribution in [0, 0.1) is 0 Å². The highest BCUT2D eigenvalue weighted by atomic mass is 16.5. The summed E-state index contributed by atoms with van der Waals surface area (Å²) in [6.45, 7) is 4.26. The molecule has 0 aliphatic carbocycles. The Balaban J connectivity index is 2.83. The van der Waals surface area contributed by atoms with Crippen molar-refractivity contribution >= 4 is 0 Å². The summed E-state index contributed by atoms with van der Waals surface area (Å²) in [6.07, 6.45) is 2.06. The van der Waals surface area contributed by atoms with Crippen molar-refractivity contribution < 1.29 is 24.1 Å². The highest BCUT2D eigenvalue weighted by molar-refractivity contribution is 4.38. The molecule has 0 radical (unpaired) electrons. The molecule has 1 N–H and O–H groups in total. The standard InChI is InChI=1S/C11H24O5/c1-13-5-2-3-6-14-8-10-16-11-9-15-7-4-12/h12H,2-11H2,1H3. The molecule has 0 aromatic carbocycles. The zero-order valence-corrected chi connectivity index (χ0v) is 10.2. The number of unbranched alkanes of at least 4 members (excludes halogenated alkanes) is 1. The van der Waals surface area contributed by atoms with Gasteiger partial charge in [-0.1, -0.05) is 0 Å². The third kappa shape index (κ3) is 13.8. The summed E-state index contributed by atoms with van der Waals surface area (Å²) in [5.74, 6) is 0. The Bertz CT molecular complexity index is 107. The molecule has 0 rings (SSSR count).